The van der Waals surface area contributed by atoms with E-state index < -0.39 is 11.3 Å². The highest BCUT2D eigenvalue weighted by Gasteiger charge is 2.55. The molecule has 0 unspecified atom stereocenters. The van der Waals surface area contributed by atoms with Crippen LogP contribution in [0.15, 0.2) is 11.5 Å². The second kappa shape index (κ2) is 5.61. The third-order valence-electron chi connectivity index (χ3n) is 4.85. The lowest BCUT2D eigenvalue weighted by molar-refractivity contribution is -0.151. The van der Waals surface area contributed by atoms with Crippen molar-refractivity contribution in [1.82, 2.24) is 10.2 Å². The van der Waals surface area contributed by atoms with Crippen LogP contribution < -0.4 is 10.5 Å². The Morgan fingerprint density at radius 3 is 3.09 bits per heavy atom. The summed E-state index contributed by atoms with van der Waals surface area (Å²) in [6, 6.07) is 2.18. The number of aromatic amines is 1. The molecular weight excluding hydrogens is 296 g/mol. The number of nitrogens with zero attached hydrogens (tertiary/aromatic N) is 2. The molecule has 2 aliphatic rings. The van der Waals surface area contributed by atoms with Gasteiger partial charge in [0.1, 0.15) is 11.6 Å². The number of allylic oxidation sites excluding steroid dienone is 1. The number of aromatic nitrogens is 2. The molecule has 0 aromatic carbocycles. The van der Waals surface area contributed by atoms with E-state index in [0.717, 1.165) is 24.1 Å². The number of fused-ring (bicyclic) bond motifs is 2. The largest absolute Gasteiger partial charge is 0.466 e. The van der Waals surface area contributed by atoms with Gasteiger partial charge in [-0.15, -0.1) is 5.10 Å². The third-order valence-corrected chi connectivity index (χ3v) is 4.85. The van der Waals surface area contributed by atoms with Crippen LogP contribution in [-0.4, -0.2) is 22.8 Å². The summed E-state index contributed by atoms with van der Waals surface area (Å²) >= 11 is 0. The second-order valence-electron chi connectivity index (χ2n) is 6.00. The molecule has 3 rings (SSSR count). The van der Waals surface area contributed by atoms with Crippen LogP contribution in [0.5, 0.6) is 5.88 Å². The van der Waals surface area contributed by atoms with E-state index in [1.807, 2.05) is 6.92 Å². The minimum Gasteiger partial charge on any atom is -0.466 e. The number of esters is 1. The second-order valence-corrected chi connectivity index (χ2v) is 6.00. The first-order chi connectivity index (χ1) is 11.1. The van der Waals surface area contributed by atoms with Crippen LogP contribution in [0.4, 0.5) is 0 Å². The fourth-order valence-corrected chi connectivity index (χ4v) is 3.99. The average molecular weight is 316 g/mol. The summed E-state index contributed by atoms with van der Waals surface area (Å²) in [6.07, 6.45) is 3.12. The molecular formula is C16H20N4O3. The molecule has 23 heavy (non-hydrogen) atoms. The Kier molecular flexibility index (Phi) is 3.76. The lowest BCUT2D eigenvalue weighted by Gasteiger charge is -2.44. The monoisotopic (exact) mass is 316 g/mol. The molecule has 1 aromatic rings. The van der Waals surface area contributed by atoms with Crippen LogP contribution in [-0.2, 0) is 14.9 Å². The van der Waals surface area contributed by atoms with Gasteiger partial charge in [-0.1, -0.05) is 12.8 Å². The SMILES string of the molecule is CCOC(=O)[C@@H]1CCCC[C@]12C(C#N)=C(N)Oc1n[nH]c(C)c12. The molecule has 1 aromatic heterocycles. The molecule has 1 aliphatic heterocycles. The third kappa shape index (κ3) is 2.09. The van der Waals surface area contributed by atoms with Crippen molar-refractivity contribution < 1.29 is 14.3 Å². The maximum atomic E-state index is 12.6. The molecule has 7 nitrogen and oxygen atoms in total. The van der Waals surface area contributed by atoms with Gasteiger partial charge in [0.15, 0.2) is 0 Å². The van der Waals surface area contributed by atoms with Gasteiger partial charge >= 0.3 is 5.97 Å². The Balaban J connectivity index is 2.24. The number of H-pyrrole nitrogens is 1. The molecule has 0 amide bonds. The van der Waals surface area contributed by atoms with E-state index in [2.05, 4.69) is 16.3 Å². The van der Waals surface area contributed by atoms with Crippen LogP contribution in [0.2, 0.25) is 0 Å². The highest BCUT2D eigenvalue weighted by molar-refractivity contribution is 5.78. The number of ether oxygens (including phenoxy) is 2. The zero-order chi connectivity index (χ0) is 16.6. The van der Waals surface area contributed by atoms with Gasteiger partial charge in [-0.05, 0) is 26.7 Å². The van der Waals surface area contributed by atoms with Crippen LogP contribution >= 0.6 is 0 Å². The van der Waals surface area contributed by atoms with E-state index in [1.54, 1.807) is 6.92 Å². The molecule has 1 aliphatic carbocycles. The van der Waals surface area contributed by atoms with Gasteiger partial charge in [0.2, 0.25) is 11.8 Å². The first-order valence-electron chi connectivity index (χ1n) is 7.86. The van der Waals surface area contributed by atoms with Gasteiger partial charge < -0.3 is 15.2 Å². The number of nitrogens with two attached hydrogens (primary N) is 1. The first kappa shape index (κ1) is 15.4. The summed E-state index contributed by atoms with van der Waals surface area (Å²) in [4.78, 5) is 12.6. The molecule has 0 radical (unpaired) electrons. The van der Waals surface area contributed by atoms with Crippen molar-refractivity contribution in [2.45, 2.75) is 44.9 Å². The zero-order valence-electron chi connectivity index (χ0n) is 13.3. The maximum Gasteiger partial charge on any atom is 0.310 e. The lowest BCUT2D eigenvalue weighted by atomic mass is 9.58. The van der Waals surface area contributed by atoms with Crippen molar-refractivity contribution >= 4 is 5.97 Å². The molecule has 3 N–H and O–H groups in total. The van der Waals surface area contributed by atoms with E-state index in [0.29, 0.717) is 30.9 Å². The fraction of sp³-hybridized carbons (Fsp3) is 0.562. The standard InChI is InChI=1S/C16H20N4O3/c1-3-22-15(21)10-6-4-5-7-16(10)11(8-17)13(18)23-14-12(16)9(2)19-20-14/h10H,3-7,18H2,1-2H3,(H,19,20)/t10-,16+/m0/s1. The van der Waals surface area contributed by atoms with E-state index in [9.17, 15) is 10.1 Å². The Labute approximate surface area is 134 Å². The molecule has 0 bridgehead atoms. The van der Waals surface area contributed by atoms with Crippen LogP contribution in [0.25, 0.3) is 0 Å². The van der Waals surface area contributed by atoms with Crippen molar-refractivity contribution in [3.05, 3.63) is 22.7 Å². The van der Waals surface area contributed by atoms with E-state index in [-0.39, 0.29) is 11.9 Å². The molecule has 2 heterocycles. The molecule has 0 saturated heterocycles. The maximum absolute atomic E-state index is 12.6. The van der Waals surface area contributed by atoms with Crippen LogP contribution in [0, 0.1) is 24.2 Å². The Hall–Kier alpha value is -2.49. The summed E-state index contributed by atoms with van der Waals surface area (Å²) in [7, 11) is 0. The Morgan fingerprint density at radius 2 is 2.39 bits per heavy atom. The Bertz CT molecular complexity index is 715. The highest BCUT2D eigenvalue weighted by atomic mass is 16.5. The number of aryl methyl sites for hydroxylation is 1. The van der Waals surface area contributed by atoms with Crippen molar-refractivity contribution in [2.75, 3.05) is 6.61 Å². The predicted octanol–water partition coefficient (Wildman–Crippen LogP) is 1.80. The molecule has 2 atom stereocenters. The summed E-state index contributed by atoms with van der Waals surface area (Å²) in [5.41, 5.74) is 7.04. The summed E-state index contributed by atoms with van der Waals surface area (Å²) < 4.78 is 10.8. The van der Waals surface area contributed by atoms with Gasteiger partial charge in [0, 0.05) is 11.3 Å². The molecule has 1 fully saturated rings. The quantitative estimate of drug-likeness (QED) is 0.804. The van der Waals surface area contributed by atoms with Crippen molar-refractivity contribution in [3.8, 4) is 11.9 Å². The summed E-state index contributed by atoms with van der Waals surface area (Å²) in [5.74, 6) is -0.359. The van der Waals surface area contributed by atoms with Crippen molar-refractivity contribution in [2.24, 2.45) is 11.7 Å². The molecule has 1 saturated carbocycles. The molecule has 122 valence electrons. The van der Waals surface area contributed by atoms with Gasteiger partial charge in [0.25, 0.3) is 0 Å². The van der Waals surface area contributed by atoms with Gasteiger partial charge in [-0.25, -0.2) is 0 Å². The van der Waals surface area contributed by atoms with Crippen LogP contribution in [0.1, 0.15) is 43.9 Å². The van der Waals surface area contributed by atoms with Gasteiger partial charge in [-0.2, -0.15) is 5.26 Å². The average Bonchev–Trinajstić information content (AvgIpc) is 2.89. The molecule has 7 heteroatoms. The predicted molar refractivity (Wildman–Crippen MR) is 81.0 cm³/mol. The van der Waals surface area contributed by atoms with Gasteiger partial charge in [-0.3, -0.25) is 9.89 Å². The van der Waals surface area contributed by atoms with Crippen molar-refractivity contribution in [1.29, 1.82) is 5.26 Å². The summed E-state index contributed by atoms with van der Waals surface area (Å²) in [5, 5.41) is 16.7. The minimum atomic E-state index is -0.812. The number of nitrogens with one attached hydrogen (secondary N) is 1. The number of nitriles is 1. The number of hydrogen-bond acceptors (Lipinski definition) is 6. The lowest BCUT2D eigenvalue weighted by Crippen LogP contribution is -2.47. The smallest absolute Gasteiger partial charge is 0.310 e. The molecule has 1 spiro atoms. The zero-order valence-corrected chi connectivity index (χ0v) is 13.3. The summed E-state index contributed by atoms with van der Waals surface area (Å²) in [6.45, 7) is 3.95. The Morgan fingerprint density at radius 1 is 1.61 bits per heavy atom. The van der Waals surface area contributed by atoms with Crippen LogP contribution in [0.3, 0.4) is 0 Å². The first-order valence-corrected chi connectivity index (χ1v) is 7.86. The fourth-order valence-electron chi connectivity index (χ4n) is 3.99. The van der Waals surface area contributed by atoms with E-state index in [4.69, 9.17) is 15.2 Å². The highest BCUT2D eigenvalue weighted by Crippen LogP contribution is 2.55. The number of carbonyl (C=O) groups is 1. The topological polar surface area (TPSA) is 114 Å². The van der Waals surface area contributed by atoms with E-state index >= 15 is 0 Å². The van der Waals surface area contributed by atoms with E-state index in [1.165, 1.54) is 0 Å². The van der Waals surface area contributed by atoms with Crippen molar-refractivity contribution in [3.63, 3.8) is 0 Å². The number of hydrogen-bond donors (Lipinski definition) is 2. The van der Waals surface area contributed by atoms with Gasteiger partial charge in [0.05, 0.1) is 17.9 Å². The minimum absolute atomic E-state index is 0.0303. The normalized spacial score (nSPS) is 26.4. The number of rotatable bonds is 2. The number of carbonyl (C=O) groups excluding carboxylic acids is 1.